The van der Waals surface area contributed by atoms with Crippen molar-refractivity contribution in [2.75, 3.05) is 11.9 Å². The summed E-state index contributed by atoms with van der Waals surface area (Å²) in [6, 6.07) is 13.9. The van der Waals surface area contributed by atoms with Crippen LogP contribution in [0.25, 0.3) is 6.08 Å². The quantitative estimate of drug-likeness (QED) is 0.383. The zero-order valence-electron chi connectivity index (χ0n) is 16.6. The largest absolute Gasteiger partial charge is 0.490 e. The van der Waals surface area contributed by atoms with E-state index >= 15 is 0 Å². The maximum Gasteiger partial charge on any atom is 0.387 e. The monoisotopic (exact) mass is 432 g/mol. The van der Waals surface area contributed by atoms with Crippen LogP contribution in [0.4, 0.5) is 14.5 Å². The lowest BCUT2D eigenvalue weighted by Crippen LogP contribution is -2.09. The van der Waals surface area contributed by atoms with E-state index in [-0.39, 0.29) is 29.3 Å². The van der Waals surface area contributed by atoms with Gasteiger partial charge in [0.15, 0.2) is 11.5 Å². The van der Waals surface area contributed by atoms with Crippen LogP contribution in [0.2, 0.25) is 0 Å². The van der Waals surface area contributed by atoms with E-state index in [1.54, 1.807) is 25.1 Å². The second kappa shape index (κ2) is 11.8. The summed E-state index contributed by atoms with van der Waals surface area (Å²) in [5.41, 5.74) is 1.25. The van der Waals surface area contributed by atoms with Gasteiger partial charge in [0, 0.05) is 22.6 Å². The fourth-order valence-corrected chi connectivity index (χ4v) is 3.49. The summed E-state index contributed by atoms with van der Waals surface area (Å²) in [5.74, 6) is -0.235. The third-order valence-electron chi connectivity index (χ3n) is 3.76. The second-order valence-corrected chi connectivity index (χ2v) is 7.61. The number of alkyl halides is 2. The van der Waals surface area contributed by atoms with Gasteiger partial charge in [0.25, 0.3) is 0 Å². The Kier molecular flexibility index (Phi) is 9.16. The lowest BCUT2D eigenvalue weighted by molar-refractivity contribution is -0.111. The number of hydrogen-bond acceptors (Lipinski definition) is 5. The fourth-order valence-electron chi connectivity index (χ4n) is 2.50. The van der Waals surface area contributed by atoms with Crippen LogP contribution >= 0.6 is 11.8 Å². The number of benzene rings is 2. The molecule has 0 saturated carbocycles. The van der Waals surface area contributed by atoms with Gasteiger partial charge in [-0.15, -0.1) is 11.8 Å². The predicted molar refractivity (Wildman–Crippen MR) is 114 cm³/mol. The molecule has 0 bridgehead atoms. The van der Waals surface area contributed by atoms with Gasteiger partial charge in [-0.05, 0) is 42.8 Å². The van der Waals surface area contributed by atoms with E-state index < -0.39 is 6.61 Å². The first-order chi connectivity index (χ1) is 14.4. The molecule has 0 aliphatic rings. The van der Waals surface area contributed by atoms with Crippen LogP contribution in [-0.4, -0.2) is 24.4 Å². The molecule has 0 saturated heterocycles. The van der Waals surface area contributed by atoms with Crippen molar-refractivity contribution in [3.05, 3.63) is 54.1 Å². The van der Waals surface area contributed by atoms with Gasteiger partial charge in [-0.1, -0.05) is 25.1 Å². The minimum absolute atomic E-state index is 0.0640. The Labute approximate surface area is 178 Å². The lowest BCUT2D eigenvalue weighted by atomic mass is 10.2. The van der Waals surface area contributed by atoms with Crippen molar-refractivity contribution in [2.24, 2.45) is 0 Å². The Morgan fingerprint density at radius 1 is 1.27 bits per heavy atom. The zero-order chi connectivity index (χ0) is 21.9. The van der Waals surface area contributed by atoms with Crippen molar-refractivity contribution in [3.8, 4) is 17.6 Å². The van der Waals surface area contributed by atoms with Crippen LogP contribution in [0.15, 0.2) is 53.4 Å². The molecule has 30 heavy (non-hydrogen) atoms. The van der Waals surface area contributed by atoms with Crippen LogP contribution in [-0.2, 0) is 4.79 Å². The van der Waals surface area contributed by atoms with Crippen LogP contribution in [0.1, 0.15) is 25.8 Å². The van der Waals surface area contributed by atoms with Crippen molar-refractivity contribution in [3.63, 3.8) is 0 Å². The molecule has 0 aliphatic carbocycles. The van der Waals surface area contributed by atoms with Crippen LogP contribution < -0.4 is 14.8 Å². The Morgan fingerprint density at radius 2 is 2.03 bits per heavy atom. The SMILES string of the molecule is CCOc1cc(/C=C/C(=O)Nc2ccccc2SC(C)CC#N)ccc1OC(F)F. The molecular formula is C22H22F2N2O3S. The molecule has 0 heterocycles. The number of halogens is 2. The van der Waals surface area contributed by atoms with Crippen molar-refractivity contribution in [1.82, 2.24) is 0 Å². The Balaban J connectivity index is 2.10. The van der Waals surface area contributed by atoms with Crippen molar-refractivity contribution < 1.29 is 23.0 Å². The number of nitrogens with zero attached hydrogens (tertiary/aromatic N) is 1. The summed E-state index contributed by atoms with van der Waals surface area (Å²) in [5, 5.41) is 11.7. The standard InChI is InChI=1S/C22H22F2N2O3S/c1-3-28-19-14-16(8-10-18(19)29-22(23)24)9-11-21(27)26-17-6-4-5-7-20(17)30-15(2)12-13-25/h4-11,14-15,22H,3,12H2,1-2H3,(H,26,27)/b11-9+. The highest BCUT2D eigenvalue weighted by molar-refractivity contribution is 8.00. The first-order valence-corrected chi connectivity index (χ1v) is 10.1. The first-order valence-electron chi connectivity index (χ1n) is 9.26. The van der Waals surface area contributed by atoms with Gasteiger partial charge in [-0.25, -0.2) is 0 Å². The van der Waals surface area contributed by atoms with Crippen LogP contribution in [0, 0.1) is 11.3 Å². The van der Waals surface area contributed by atoms with E-state index in [9.17, 15) is 13.6 Å². The number of carbonyl (C=O) groups is 1. The fraction of sp³-hybridized carbons (Fsp3) is 0.273. The zero-order valence-corrected chi connectivity index (χ0v) is 17.4. The smallest absolute Gasteiger partial charge is 0.387 e. The summed E-state index contributed by atoms with van der Waals surface area (Å²) in [6.07, 6.45) is 3.30. The summed E-state index contributed by atoms with van der Waals surface area (Å²) in [4.78, 5) is 13.2. The van der Waals surface area contributed by atoms with Gasteiger partial charge in [-0.3, -0.25) is 4.79 Å². The number of thioether (sulfide) groups is 1. The Hall–Kier alpha value is -3.05. The topological polar surface area (TPSA) is 71.3 Å². The lowest BCUT2D eigenvalue weighted by Gasteiger charge is -2.12. The van der Waals surface area contributed by atoms with Crippen LogP contribution in [0.5, 0.6) is 11.5 Å². The maximum absolute atomic E-state index is 12.5. The molecule has 0 spiro atoms. The number of carbonyl (C=O) groups excluding carboxylic acids is 1. The number of para-hydroxylation sites is 1. The molecule has 0 radical (unpaired) electrons. The first kappa shape index (κ1) is 23.2. The molecule has 1 N–H and O–H groups in total. The maximum atomic E-state index is 12.5. The van der Waals surface area contributed by atoms with E-state index in [1.807, 2.05) is 25.1 Å². The molecule has 0 aromatic heterocycles. The summed E-state index contributed by atoms with van der Waals surface area (Å²) >= 11 is 1.51. The molecule has 2 aromatic carbocycles. The minimum atomic E-state index is -2.95. The van der Waals surface area contributed by atoms with Gasteiger partial charge < -0.3 is 14.8 Å². The van der Waals surface area contributed by atoms with Gasteiger partial charge in [-0.2, -0.15) is 14.0 Å². The second-order valence-electron chi connectivity index (χ2n) is 6.13. The highest BCUT2D eigenvalue weighted by atomic mass is 32.2. The average molecular weight is 432 g/mol. The van der Waals surface area contributed by atoms with Gasteiger partial charge >= 0.3 is 6.61 Å². The molecule has 2 rings (SSSR count). The van der Waals surface area contributed by atoms with E-state index in [2.05, 4.69) is 16.1 Å². The summed E-state index contributed by atoms with van der Waals surface area (Å²) in [7, 11) is 0. The third kappa shape index (κ3) is 7.41. The molecule has 8 heteroatoms. The van der Waals surface area contributed by atoms with E-state index in [0.29, 0.717) is 17.7 Å². The van der Waals surface area contributed by atoms with Gasteiger partial charge in [0.1, 0.15) is 0 Å². The molecule has 0 fully saturated rings. The van der Waals surface area contributed by atoms with E-state index in [1.165, 1.54) is 30.0 Å². The number of ether oxygens (including phenoxy) is 2. The van der Waals surface area contributed by atoms with E-state index in [0.717, 1.165) is 4.90 Å². The predicted octanol–water partition coefficient (Wildman–Crippen LogP) is 5.73. The molecule has 1 unspecified atom stereocenters. The average Bonchev–Trinajstić information content (AvgIpc) is 2.69. The molecular weight excluding hydrogens is 410 g/mol. The highest BCUT2D eigenvalue weighted by Crippen LogP contribution is 2.32. The number of anilines is 1. The normalized spacial score (nSPS) is 11.9. The highest BCUT2D eigenvalue weighted by Gasteiger charge is 2.12. The number of rotatable bonds is 10. The van der Waals surface area contributed by atoms with Gasteiger partial charge in [0.05, 0.1) is 18.4 Å². The Morgan fingerprint density at radius 3 is 2.73 bits per heavy atom. The number of hydrogen-bond donors (Lipinski definition) is 1. The molecule has 5 nitrogen and oxygen atoms in total. The van der Waals surface area contributed by atoms with Crippen molar-refractivity contribution in [1.29, 1.82) is 5.26 Å². The van der Waals surface area contributed by atoms with Crippen LogP contribution in [0.3, 0.4) is 0 Å². The van der Waals surface area contributed by atoms with Crippen molar-refractivity contribution in [2.45, 2.75) is 37.0 Å². The van der Waals surface area contributed by atoms with Gasteiger partial charge in [0.2, 0.25) is 5.91 Å². The number of amides is 1. The number of nitrogens with one attached hydrogen (secondary N) is 1. The summed E-state index contributed by atoms with van der Waals surface area (Å²) < 4.78 is 34.8. The molecule has 1 atom stereocenters. The molecule has 158 valence electrons. The molecule has 0 aliphatic heterocycles. The molecule has 1 amide bonds. The number of nitriles is 1. The Bertz CT molecular complexity index is 929. The molecule has 2 aromatic rings. The van der Waals surface area contributed by atoms with E-state index in [4.69, 9.17) is 10.00 Å². The third-order valence-corrected chi connectivity index (χ3v) is 4.94. The van der Waals surface area contributed by atoms with Crippen molar-refractivity contribution >= 4 is 29.4 Å². The summed E-state index contributed by atoms with van der Waals surface area (Å²) in [6.45, 7) is 1.01. The minimum Gasteiger partial charge on any atom is -0.490 e.